The molecule has 2 aromatic carbocycles. The van der Waals surface area contributed by atoms with Crippen molar-refractivity contribution in [3.63, 3.8) is 0 Å². The Morgan fingerprint density at radius 3 is 2.17 bits per heavy atom. The van der Waals surface area contributed by atoms with Gasteiger partial charge in [0.15, 0.2) is 0 Å². The fraction of sp³-hybridized carbons (Fsp3) is 0.250. The van der Waals surface area contributed by atoms with Crippen LogP contribution < -0.4 is 5.56 Å². The number of piperazine rings is 1. The summed E-state index contributed by atoms with van der Waals surface area (Å²) in [5, 5.41) is 4.58. The smallest absolute Gasteiger partial charge is 0.268 e. The van der Waals surface area contributed by atoms with E-state index in [9.17, 15) is 4.79 Å². The van der Waals surface area contributed by atoms with E-state index in [2.05, 4.69) is 51.3 Å². The molecule has 0 N–H and O–H groups in total. The van der Waals surface area contributed by atoms with Crippen molar-refractivity contribution in [2.24, 2.45) is 0 Å². The molecule has 1 aliphatic rings. The van der Waals surface area contributed by atoms with Crippen LogP contribution in [-0.2, 0) is 6.67 Å². The highest BCUT2D eigenvalue weighted by molar-refractivity contribution is 5.57. The molecule has 4 rings (SSSR count). The Kier molecular flexibility index (Phi) is 6.29. The molecule has 0 bridgehead atoms. The molecule has 2 heterocycles. The van der Waals surface area contributed by atoms with E-state index < -0.39 is 0 Å². The van der Waals surface area contributed by atoms with Crippen LogP contribution in [0.4, 0.5) is 0 Å². The Morgan fingerprint density at radius 2 is 1.45 bits per heavy atom. The quantitative estimate of drug-likeness (QED) is 0.652. The number of hydrogen-bond acceptors (Lipinski definition) is 4. The third kappa shape index (κ3) is 5.28. The summed E-state index contributed by atoms with van der Waals surface area (Å²) in [6.45, 7) is 5.34. The zero-order chi connectivity index (χ0) is 19.9. The lowest BCUT2D eigenvalue weighted by Gasteiger charge is -2.34. The maximum Gasteiger partial charge on any atom is 0.268 e. The minimum absolute atomic E-state index is 0.0575. The Morgan fingerprint density at radius 1 is 0.793 bits per heavy atom. The summed E-state index contributed by atoms with van der Waals surface area (Å²) in [7, 11) is 0. The van der Waals surface area contributed by atoms with Gasteiger partial charge in [-0.25, -0.2) is 4.68 Å². The van der Waals surface area contributed by atoms with Gasteiger partial charge in [-0.3, -0.25) is 14.6 Å². The van der Waals surface area contributed by atoms with Crippen LogP contribution in [0, 0.1) is 0 Å². The molecule has 1 aliphatic heterocycles. The fourth-order valence-corrected chi connectivity index (χ4v) is 3.52. The summed E-state index contributed by atoms with van der Waals surface area (Å²) >= 11 is 0. The standard InChI is InChI=1S/C24H26N4O/c29-24-14-13-23(22-11-5-2-6-12-22)25-28(24)20-27-18-16-26(17-19-27)15-7-10-21-8-3-1-4-9-21/h1-14H,15-20H2/b10-7+. The van der Waals surface area contributed by atoms with E-state index >= 15 is 0 Å². The van der Waals surface area contributed by atoms with Crippen molar-refractivity contribution >= 4 is 6.08 Å². The van der Waals surface area contributed by atoms with Crippen LogP contribution in [0.2, 0.25) is 0 Å². The lowest BCUT2D eigenvalue weighted by Crippen LogP contribution is -2.47. The summed E-state index contributed by atoms with van der Waals surface area (Å²) in [5.74, 6) is 0. The van der Waals surface area contributed by atoms with E-state index in [4.69, 9.17) is 0 Å². The molecule has 0 aliphatic carbocycles. The van der Waals surface area contributed by atoms with Crippen LogP contribution in [0.5, 0.6) is 0 Å². The molecule has 0 saturated carbocycles. The summed E-state index contributed by atoms with van der Waals surface area (Å²) in [6, 6.07) is 23.8. The second-order valence-electron chi connectivity index (χ2n) is 7.30. The van der Waals surface area contributed by atoms with Crippen LogP contribution >= 0.6 is 0 Å². The number of nitrogens with zero attached hydrogens (tertiary/aromatic N) is 4. The van der Waals surface area contributed by atoms with Crippen molar-refractivity contribution in [3.05, 3.63) is 94.8 Å². The number of aromatic nitrogens is 2. The molecular formula is C24H26N4O. The highest BCUT2D eigenvalue weighted by Gasteiger charge is 2.17. The Labute approximate surface area is 171 Å². The SMILES string of the molecule is O=c1ccc(-c2ccccc2)nn1CN1CCN(C/C=C/c2ccccc2)CC1. The van der Waals surface area contributed by atoms with Crippen molar-refractivity contribution in [2.45, 2.75) is 6.67 Å². The molecule has 3 aromatic rings. The van der Waals surface area contributed by atoms with E-state index in [-0.39, 0.29) is 5.56 Å². The summed E-state index contributed by atoms with van der Waals surface area (Å²) < 4.78 is 1.58. The van der Waals surface area contributed by atoms with Gasteiger partial charge in [-0.15, -0.1) is 0 Å². The maximum absolute atomic E-state index is 12.3. The van der Waals surface area contributed by atoms with Gasteiger partial charge >= 0.3 is 0 Å². The van der Waals surface area contributed by atoms with Crippen molar-refractivity contribution in [2.75, 3.05) is 32.7 Å². The second-order valence-corrected chi connectivity index (χ2v) is 7.30. The summed E-state index contributed by atoms with van der Waals surface area (Å²) in [4.78, 5) is 17.0. The van der Waals surface area contributed by atoms with Crippen LogP contribution in [0.3, 0.4) is 0 Å². The predicted octanol–water partition coefficient (Wildman–Crippen LogP) is 3.20. The van der Waals surface area contributed by atoms with Crippen LogP contribution in [0.15, 0.2) is 83.7 Å². The summed E-state index contributed by atoms with van der Waals surface area (Å²) in [6.07, 6.45) is 4.39. The molecule has 5 heteroatoms. The molecular weight excluding hydrogens is 360 g/mol. The van der Waals surface area contributed by atoms with Gasteiger partial charge in [0.05, 0.1) is 12.4 Å². The van der Waals surface area contributed by atoms with E-state index in [1.165, 1.54) is 5.56 Å². The maximum atomic E-state index is 12.3. The Balaban J connectivity index is 1.32. The first kappa shape index (κ1) is 19.3. The minimum atomic E-state index is -0.0575. The summed E-state index contributed by atoms with van der Waals surface area (Å²) in [5.41, 5.74) is 3.03. The van der Waals surface area contributed by atoms with Crippen molar-refractivity contribution in [1.29, 1.82) is 0 Å². The van der Waals surface area contributed by atoms with Crippen molar-refractivity contribution in [3.8, 4) is 11.3 Å². The molecule has 0 atom stereocenters. The predicted molar refractivity (Wildman–Crippen MR) is 117 cm³/mol. The molecule has 0 unspecified atom stereocenters. The number of hydrogen-bond donors (Lipinski definition) is 0. The van der Waals surface area contributed by atoms with Gasteiger partial charge in [0.2, 0.25) is 0 Å². The van der Waals surface area contributed by atoms with Crippen LogP contribution in [0.1, 0.15) is 5.56 Å². The average molecular weight is 386 g/mol. The molecule has 1 fully saturated rings. The van der Waals surface area contributed by atoms with Gasteiger partial charge in [0, 0.05) is 44.4 Å². The lowest BCUT2D eigenvalue weighted by atomic mass is 10.1. The van der Waals surface area contributed by atoms with E-state index in [0.717, 1.165) is 44.0 Å². The van der Waals surface area contributed by atoms with Crippen LogP contribution in [-0.4, -0.2) is 52.3 Å². The van der Waals surface area contributed by atoms with Crippen molar-refractivity contribution < 1.29 is 0 Å². The molecule has 5 nitrogen and oxygen atoms in total. The first-order chi connectivity index (χ1) is 14.3. The lowest BCUT2D eigenvalue weighted by molar-refractivity contribution is 0.109. The molecule has 29 heavy (non-hydrogen) atoms. The molecule has 1 saturated heterocycles. The average Bonchev–Trinajstić information content (AvgIpc) is 2.78. The minimum Gasteiger partial charge on any atom is -0.297 e. The van der Waals surface area contributed by atoms with Gasteiger partial charge < -0.3 is 0 Å². The second kappa shape index (κ2) is 9.45. The third-order valence-electron chi connectivity index (χ3n) is 5.21. The third-order valence-corrected chi connectivity index (χ3v) is 5.21. The molecule has 0 radical (unpaired) electrons. The van der Waals surface area contributed by atoms with Gasteiger partial charge in [0.1, 0.15) is 0 Å². The largest absolute Gasteiger partial charge is 0.297 e. The van der Waals surface area contributed by atoms with Gasteiger partial charge in [-0.2, -0.15) is 5.10 Å². The normalized spacial score (nSPS) is 15.7. The van der Waals surface area contributed by atoms with E-state index in [1.807, 2.05) is 36.4 Å². The van der Waals surface area contributed by atoms with Gasteiger partial charge in [-0.1, -0.05) is 72.8 Å². The van der Waals surface area contributed by atoms with Gasteiger partial charge in [0.25, 0.3) is 5.56 Å². The Bertz CT molecular complexity index is 990. The van der Waals surface area contributed by atoms with Crippen LogP contribution in [0.25, 0.3) is 17.3 Å². The zero-order valence-electron chi connectivity index (χ0n) is 16.5. The van der Waals surface area contributed by atoms with Gasteiger partial charge in [-0.05, 0) is 11.6 Å². The monoisotopic (exact) mass is 386 g/mol. The number of rotatable bonds is 6. The highest BCUT2D eigenvalue weighted by atomic mass is 16.1. The topological polar surface area (TPSA) is 41.4 Å². The highest BCUT2D eigenvalue weighted by Crippen LogP contribution is 2.14. The zero-order valence-corrected chi connectivity index (χ0v) is 16.5. The van der Waals surface area contributed by atoms with E-state index in [0.29, 0.717) is 6.67 Å². The first-order valence-corrected chi connectivity index (χ1v) is 10.1. The molecule has 0 spiro atoms. The Hall–Kier alpha value is -3.02. The van der Waals surface area contributed by atoms with E-state index in [1.54, 1.807) is 16.8 Å². The first-order valence-electron chi connectivity index (χ1n) is 10.1. The molecule has 0 amide bonds. The van der Waals surface area contributed by atoms with Crippen molar-refractivity contribution in [1.82, 2.24) is 19.6 Å². The fourth-order valence-electron chi connectivity index (χ4n) is 3.52. The molecule has 1 aromatic heterocycles. The number of benzene rings is 2. The molecule has 148 valence electrons.